The molecule has 1 aromatic carbocycles. The Morgan fingerprint density at radius 1 is 1.20 bits per heavy atom. The summed E-state index contributed by atoms with van der Waals surface area (Å²) in [6, 6.07) is 3.56. The van der Waals surface area contributed by atoms with E-state index in [-0.39, 0.29) is 18.0 Å². The molecule has 1 heterocycles. The topological polar surface area (TPSA) is 95.8 Å². The standard InChI is InChI=1S/C11H16N4O4S/c1-8-6-9(2)11(10(3)7-8)20(18,19)14-5-4-13(12-14)15(16)17/h6-7,12H,4-5H2,1-3H3. The molecule has 110 valence electrons. The molecule has 0 aromatic heterocycles. The summed E-state index contributed by atoms with van der Waals surface area (Å²) in [6.07, 6.45) is 0. The van der Waals surface area contributed by atoms with Gasteiger partial charge in [0.25, 0.3) is 10.0 Å². The van der Waals surface area contributed by atoms with Crippen molar-refractivity contribution in [3.05, 3.63) is 38.9 Å². The maximum absolute atomic E-state index is 12.6. The van der Waals surface area contributed by atoms with Crippen LogP contribution in [0, 0.1) is 30.9 Å². The molecule has 9 heteroatoms. The average molecular weight is 300 g/mol. The third-order valence-electron chi connectivity index (χ3n) is 3.09. The molecule has 1 fully saturated rings. The van der Waals surface area contributed by atoms with Crippen molar-refractivity contribution in [2.24, 2.45) is 0 Å². The molecule has 0 unspecified atom stereocenters. The number of rotatable bonds is 3. The maximum atomic E-state index is 12.6. The van der Waals surface area contributed by atoms with Gasteiger partial charge in [-0.2, -0.15) is 0 Å². The molecule has 0 aliphatic carbocycles. The van der Waals surface area contributed by atoms with Crippen LogP contribution in [0.2, 0.25) is 0 Å². The van der Waals surface area contributed by atoms with Crippen LogP contribution in [-0.2, 0) is 10.0 Å². The zero-order chi connectivity index (χ0) is 15.1. The zero-order valence-electron chi connectivity index (χ0n) is 11.5. The van der Waals surface area contributed by atoms with Crippen LogP contribution in [-0.4, -0.2) is 36.1 Å². The maximum Gasteiger partial charge on any atom is 0.257 e. The SMILES string of the molecule is Cc1cc(C)c(S(=O)(=O)N2CCN([N+](=O)[O-])N2)c(C)c1. The van der Waals surface area contributed by atoms with E-state index in [1.54, 1.807) is 26.0 Å². The monoisotopic (exact) mass is 300 g/mol. The number of nitrogens with one attached hydrogen (secondary N) is 1. The summed E-state index contributed by atoms with van der Waals surface area (Å²) in [6.45, 7) is 5.34. The van der Waals surface area contributed by atoms with Gasteiger partial charge in [0.15, 0.2) is 5.03 Å². The minimum absolute atomic E-state index is 0.00378. The van der Waals surface area contributed by atoms with E-state index in [1.165, 1.54) is 0 Å². The molecule has 2 rings (SSSR count). The first kappa shape index (κ1) is 14.7. The molecule has 0 radical (unpaired) electrons. The van der Waals surface area contributed by atoms with Crippen LogP contribution in [0.15, 0.2) is 17.0 Å². The number of sulfonamides is 1. The van der Waals surface area contributed by atoms with E-state index in [0.717, 1.165) is 9.98 Å². The van der Waals surface area contributed by atoms with Crippen LogP contribution in [0.3, 0.4) is 0 Å². The first-order chi connectivity index (χ1) is 9.23. The van der Waals surface area contributed by atoms with Crippen molar-refractivity contribution in [2.75, 3.05) is 13.1 Å². The molecule has 0 atom stereocenters. The second-order valence-corrected chi connectivity index (χ2v) is 6.57. The third-order valence-corrected chi connectivity index (χ3v) is 5.10. The van der Waals surface area contributed by atoms with Crippen molar-refractivity contribution < 1.29 is 13.5 Å². The number of hydrogen-bond acceptors (Lipinski definition) is 5. The summed E-state index contributed by atoms with van der Waals surface area (Å²) in [7, 11) is -3.81. The summed E-state index contributed by atoms with van der Waals surface area (Å²) in [5.41, 5.74) is 4.51. The quantitative estimate of drug-likeness (QED) is 0.646. The van der Waals surface area contributed by atoms with Gasteiger partial charge in [-0.15, -0.1) is 4.41 Å². The molecule has 1 N–H and O–H groups in total. The highest BCUT2D eigenvalue weighted by molar-refractivity contribution is 7.89. The van der Waals surface area contributed by atoms with Gasteiger partial charge in [0.1, 0.15) is 6.54 Å². The van der Waals surface area contributed by atoms with Gasteiger partial charge in [0.2, 0.25) is 0 Å². The van der Waals surface area contributed by atoms with E-state index >= 15 is 0 Å². The normalized spacial score (nSPS) is 16.6. The van der Waals surface area contributed by atoms with Crippen molar-refractivity contribution in [3.63, 3.8) is 0 Å². The van der Waals surface area contributed by atoms with Crippen LogP contribution >= 0.6 is 0 Å². The molecular formula is C11H16N4O4S. The summed E-state index contributed by atoms with van der Waals surface area (Å²) in [4.78, 5) is 10.8. The second-order valence-electron chi connectivity index (χ2n) is 4.77. The number of hydrogen-bond donors (Lipinski definition) is 1. The van der Waals surface area contributed by atoms with Crippen molar-refractivity contribution in [1.29, 1.82) is 0 Å². The van der Waals surface area contributed by atoms with E-state index in [2.05, 4.69) is 5.53 Å². The Labute approximate surface area is 117 Å². The molecule has 1 saturated heterocycles. The molecule has 20 heavy (non-hydrogen) atoms. The Morgan fingerprint density at radius 2 is 1.75 bits per heavy atom. The first-order valence-corrected chi connectivity index (χ1v) is 7.46. The molecular weight excluding hydrogens is 284 g/mol. The lowest BCUT2D eigenvalue weighted by atomic mass is 10.1. The molecule has 1 aliphatic heterocycles. The van der Waals surface area contributed by atoms with Gasteiger partial charge in [0, 0.05) is 0 Å². The number of hydrazine groups is 3. The van der Waals surface area contributed by atoms with E-state index in [0.29, 0.717) is 16.2 Å². The second kappa shape index (κ2) is 5.00. The molecule has 0 spiro atoms. The average Bonchev–Trinajstić information content (AvgIpc) is 2.76. The Balaban J connectivity index is 2.40. The van der Waals surface area contributed by atoms with Gasteiger partial charge in [0.05, 0.1) is 11.4 Å². The van der Waals surface area contributed by atoms with Crippen LogP contribution in [0.5, 0.6) is 0 Å². The smallest absolute Gasteiger partial charge is 0.233 e. The lowest BCUT2D eigenvalue weighted by molar-refractivity contribution is -0.667. The highest BCUT2D eigenvalue weighted by Crippen LogP contribution is 2.25. The zero-order valence-corrected chi connectivity index (χ0v) is 12.3. The van der Waals surface area contributed by atoms with Crippen molar-refractivity contribution >= 4 is 10.0 Å². The lowest BCUT2D eigenvalue weighted by Crippen LogP contribution is -2.45. The number of nitrogens with zero attached hydrogens (tertiary/aromatic N) is 3. The number of benzene rings is 1. The Morgan fingerprint density at radius 3 is 2.20 bits per heavy atom. The Hall–Kier alpha value is -1.71. The highest BCUT2D eigenvalue weighted by atomic mass is 32.2. The fraction of sp³-hybridized carbons (Fsp3) is 0.455. The van der Waals surface area contributed by atoms with E-state index in [4.69, 9.17) is 0 Å². The number of nitro groups is 1. The summed E-state index contributed by atoms with van der Waals surface area (Å²) >= 11 is 0. The number of aryl methyl sites for hydroxylation is 3. The van der Waals surface area contributed by atoms with Gasteiger partial charge in [-0.25, -0.2) is 18.5 Å². The molecule has 0 saturated carbocycles. The van der Waals surface area contributed by atoms with Crippen LogP contribution in [0.25, 0.3) is 0 Å². The minimum atomic E-state index is -3.81. The molecule has 8 nitrogen and oxygen atoms in total. The predicted octanol–water partition coefficient (Wildman–Crippen LogP) is 0.529. The molecule has 0 amide bonds. The third kappa shape index (κ3) is 2.47. The summed E-state index contributed by atoms with van der Waals surface area (Å²) in [5, 5.41) is 10.6. The largest absolute Gasteiger partial charge is 0.257 e. The lowest BCUT2D eigenvalue weighted by Gasteiger charge is -2.18. The predicted molar refractivity (Wildman–Crippen MR) is 71.4 cm³/mol. The van der Waals surface area contributed by atoms with Crippen LogP contribution in [0.1, 0.15) is 16.7 Å². The van der Waals surface area contributed by atoms with E-state index in [1.807, 2.05) is 6.92 Å². The first-order valence-electron chi connectivity index (χ1n) is 6.02. The van der Waals surface area contributed by atoms with E-state index < -0.39 is 15.1 Å². The molecule has 1 aliphatic rings. The fourth-order valence-electron chi connectivity index (χ4n) is 2.39. The Kier molecular flexibility index (Phi) is 3.67. The van der Waals surface area contributed by atoms with Gasteiger partial charge < -0.3 is 0 Å². The van der Waals surface area contributed by atoms with Crippen LogP contribution in [0.4, 0.5) is 0 Å². The Bertz CT molecular complexity index is 635. The van der Waals surface area contributed by atoms with E-state index in [9.17, 15) is 18.5 Å². The van der Waals surface area contributed by atoms with Crippen molar-refractivity contribution in [1.82, 2.24) is 15.1 Å². The fourth-order valence-corrected chi connectivity index (χ4v) is 4.07. The van der Waals surface area contributed by atoms with Gasteiger partial charge in [-0.1, -0.05) is 23.2 Å². The van der Waals surface area contributed by atoms with Gasteiger partial charge in [-0.05, 0) is 37.0 Å². The minimum Gasteiger partial charge on any atom is -0.233 e. The molecule has 0 bridgehead atoms. The van der Waals surface area contributed by atoms with Crippen molar-refractivity contribution in [2.45, 2.75) is 25.7 Å². The summed E-state index contributed by atoms with van der Waals surface area (Å²) < 4.78 is 26.0. The van der Waals surface area contributed by atoms with Gasteiger partial charge in [-0.3, -0.25) is 0 Å². The van der Waals surface area contributed by atoms with Crippen LogP contribution < -0.4 is 5.53 Å². The summed E-state index contributed by atoms with van der Waals surface area (Å²) in [5.74, 6) is 0. The van der Waals surface area contributed by atoms with Gasteiger partial charge >= 0.3 is 0 Å². The highest BCUT2D eigenvalue weighted by Gasteiger charge is 2.37. The van der Waals surface area contributed by atoms with Crippen molar-refractivity contribution in [3.8, 4) is 0 Å². The molecule has 1 aromatic rings.